The van der Waals surface area contributed by atoms with E-state index in [0.29, 0.717) is 33.0 Å². The molecule has 3 amide bonds. The summed E-state index contributed by atoms with van der Waals surface area (Å²) in [6, 6.07) is 18.5. The molecule has 0 saturated carbocycles. The molecular weight excluding hydrogens is 491 g/mol. The van der Waals surface area contributed by atoms with Gasteiger partial charge >= 0.3 is 11.8 Å². The number of hydrogen-bond acceptors (Lipinski definition) is 4. The van der Waals surface area contributed by atoms with Crippen molar-refractivity contribution in [2.24, 2.45) is 0 Å². The Morgan fingerprint density at radius 2 is 1.63 bits per heavy atom. The molecule has 0 atom stereocenters. The fourth-order valence-corrected chi connectivity index (χ4v) is 3.79. The van der Waals surface area contributed by atoms with Gasteiger partial charge in [-0.25, -0.2) is 4.68 Å². The first kappa shape index (κ1) is 24.1. The molecule has 35 heavy (non-hydrogen) atoms. The molecule has 1 heterocycles. The van der Waals surface area contributed by atoms with Gasteiger partial charge in [0.05, 0.1) is 17.2 Å². The highest BCUT2D eigenvalue weighted by atomic mass is 35.5. The van der Waals surface area contributed by atoms with Gasteiger partial charge in [0.15, 0.2) is 0 Å². The second-order valence-electron chi connectivity index (χ2n) is 7.56. The van der Waals surface area contributed by atoms with Crippen molar-refractivity contribution >= 4 is 63.2 Å². The molecule has 3 N–H and O–H groups in total. The summed E-state index contributed by atoms with van der Waals surface area (Å²) >= 11 is 12.0. The largest absolute Gasteiger partial charge is 0.494 e. The zero-order chi connectivity index (χ0) is 25.1. The molecule has 8 nitrogen and oxygen atoms in total. The first-order chi connectivity index (χ1) is 16.8. The van der Waals surface area contributed by atoms with Crippen LogP contribution in [0.1, 0.15) is 16.1 Å². The van der Waals surface area contributed by atoms with Crippen LogP contribution in [0.15, 0.2) is 66.7 Å². The lowest BCUT2D eigenvalue weighted by atomic mass is 10.2. The second kappa shape index (κ2) is 10.1. The van der Waals surface area contributed by atoms with Crippen LogP contribution in [0.2, 0.25) is 10.0 Å². The highest BCUT2D eigenvalue weighted by molar-refractivity contribution is 6.43. The van der Waals surface area contributed by atoms with E-state index in [2.05, 4.69) is 16.1 Å². The van der Waals surface area contributed by atoms with E-state index >= 15 is 0 Å². The van der Waals surface area contributed by atoms with Crippen molar-refractivity contribution in [1.29, 1.82) is 0 Å². The quantitative estimate of drug-likeness (QED) is 0.320. The van der Waals surface area contributed by atoms with Crippen LogP contribution in [-0.2, 0) is 9.59 Å². The summed E-state index contributed by atoms with van der Waals surface area (Å²) in [5, 5.41) is 6.52. The topological polar surface area (TPSA) is 101 Å². The number of fused-ring (bicyclic) bond motifs is 1. The van der Waals surface area contributed by atoms with E-state index in [-0.39, 0.29) is 10.7 Å². The molecule has 0 aliphatic carbocycles. The number of para-hydroxylation sites is 2. The number of aryl methyl sites for hydroxylation is 1. The standard InChI is InChI=1S/C25H20Cl2N4O4/c1-14-6-3-4-8-19(14)29-24(33)25(34)30-31-20(12-15-7-5-9-21(35-2)22(15)31)23(32)28-16-10-11-17(26)18(27)13-16/h3-13H,1-2H3,(H,28,32)(H,29,33)(H,30,34). The number of hydrogen-bond donors (Lipinski definition) is 3. The van der Waals surface area contributed by atoms with Crippen molar-refractivity contribution < 1.29 is 19.1 Å². The van der Waals surface area contributed by atoms with Gasteiger partial charge in [-0.2, -0.15) is 0 Å². The zero-order valence-electron chi connectivity index (χ0n) is 18.7. The average molecular weight is 511 g/mol. The minimum atomic E-state index is -0.972. The average Bonchev–Trinajstić information content (AvgIpc) is 3.21. The van der Waals surface area contributed by atoms with E-state index < -0.39 is 17.7 Å². The van der Waals surface area contributed by atoms with E-state index in [9.17, 15) is 14.4 Å². The number of nitrogens with one attached hydrogen (secondary N) is 3. The number of halogens is 2. The zero-order valence-corrected chi connectivity index (χ0v) is 20.2. The molecule has 4 aromatic rings. The van der Waals surface area contributed by atoms with Crippen LogP contribution in [0.3, 0.4) is 0 Å². The normalized spacial score (nSPS) is 10.6. The van der Waals surface area contributed by atoms with Gasteiger partial charge < -0.3 is 15.4 Å². The van der Waals surface area contributed by atoms with Gasteiger partial charge in [0.1, 0.15) is 17.0 Å². The molecule has 0 fully saturated rings. The number of rotatable bonds is 5. The smallest absolute Gasteiger partial charge is 0.328 e. The summed E-state index contributed by atoms with van der Waals surface area (Å²) in [5.74, 6) is -2.02. The molecule has 0 spiro atoms. The predicted molar refractivity (Wildman–Crippen MR) is 137 cm³/mol. The second-order valence-corrected chi connectivity index (χ2v) is 8.37. The number of anilines is 2. The van der Waals surface area contributed by atoms with E-state index in [1.165, 1.54) is 17.9 Å². The number of carbonyl (C=O) groups excluding carboxylic acids is 3. The van der Waals surface area contributed by atoms with Crippen molar-refractivity contribution in [2.45, 2.75) is 6.92 Å². The van der Waals surface area contributed by atoms with Gasteiger partial charge in [-0.3, -0.25) is 19.8 Å². The number of ether oxygens (including phenoxy) is 1. The number of methoxy groups -OCH3 is 1. The first-order valence-electron chi connectivity index (χ1n) is 10.4. The Bertz CT molecular complexity index is 1470. The highest BCUT2D eigenvalue weighted by Gasteiger charge is 2.23. The Hall–Kier alpha value is -4.01. The lowest BCUT2D eigenvalue weighted by Gasteiger charge is -2.14. The van der Waals surface area contributed by atoms with Gasteiger partial charge in [-0.05, 0) is 48.9 Å². The van der Waals surface area contributed by atoms with E-state index in [4.69, 9.17) is 27.9 Å². The van der Waals surface area contributed by atoms with Gasteiger partial charge in [0.2, 0.25) is 0 Å². The molecule has 1 aromatic heterocycles. The van der Waals surface area contributed by atoms with Gasteiger partial charge in [0, 0.05) is 16.8 Å². The van der Waals surface area contributed by atoms with Crippen molar-refractivity contribution in [3.05, 3.63) is 88.0 Å². The molecular formula is C25H20Cl2N4O4. The number of aromatic nitrogens is 1. The number of benzene rings is 3. The van der Waals surface area contributed by atoms with Crippen LogP contribution in [0.5, 0.6) is 5.75 Å². The van der Waals surface area contributed by atoms with E-state index in [1.54, 1.807) is 48.5 Å². The molecule has 0 unspecified atom stereocenters. The van der Waals surface area contributed by atoms with Crippen LogP contribution in [-0.4, -0.2) is 29.5 Å². The molecule has 0 saturated heterocycles. The Balaban J connectivity index is 1.68. The molecule has 10 heteroatoms. The Morgan fingerprint density at radius 1 is 0.857 bits per heavy atom. The lowest BCUT2D eigenvalue weighted by molar-refractivity contribution is -0.133. The van der Waals surface area contributed by atoms with Crippen LogP contribution >= 0.6 is 23.2 Å². The van der Waals surface area contributed by atoms with Crippen molar-refractivity contribution in [2.75, 3.05) is 23.2 Å². The fraction of sp³-hybridized carbons (Fsp3) is 0.0800. The first-order valence-corrected chi connectivity index (χ1v) is 11.2. The fourth-order valence-electron chi connectivity index (χ4n) is 3.49. The predicted octanol–water partition coefficient (Wildman–Crippen LogP) is 5.23. The maximum Gasteiger partial charge on any atom is 0.328 e. The minimum absolute atomic E-state index is 0.0626. The van der Waals surface area contributed by atoms with Gasteiger partial charge in [-0.15, -0.1) is 0 Å². The Kier molecular flexibility index (Phi) is 6.95. The highest BCUT2D eigenvalue weighted by Crippen LogP contribution is 2.29. The summed E-state index contributed by atoms with van der Waals surface area (Å²) < 4.78 is 6.65. The van der Waals surface area contributed by atoms with Gasteiger partial charge in [-0.1, -0.05) is 53.5 Å². The summed E-state index contributed by atoms with van der Waals surface area (Å²) in [6.07, 6.45) is 0. The third kappa shape index (κ3) is 5.08. The van der Waals surface area contributed by atoms with Crippen LogP contribution in [0, 0.1) is 6.92 Å². The maximum atomic E-state index is 13.2. The summed E-state index contributed by atoms with van der Waals surface area (Å²) in [7, 11) is 1.47. The van der Waals surface area contributed by atoms with E-state index in [0.717, 1.165) is 5.56 Å². The molecule has 4 rings (SSSR count). The van der Waals surface area contributed by atoms with Crippen molar-refractivity contribution in [1.82, 2.24) is 4.68 Å². The number of nitrogens with zero attached hydrogens (tertiary/aromatic N) is 1. The third-order valence-corrected chi connectivity index (χ3v) is 5.97. The summed E-state index contributed by atoms with van der Waals surface area (Å²) in [5.41, 5.74) is 4.68. The van der Waals surface area contributed by atoms with E-state index in [1.807, 2.05) is 19.1 Å². The molecule has 0 aliphatic heterocycles. The van der Waals surface area contributed by atoms with Crippen LogP contribution in [0.4, 0.5) is 11.4 Å². The van der Waals surface area contributed by atoms with Crippen molar-refractivity contribution in [3.8, 4) is 5.75 Å². The summed E-state index contributed by atoms with van der Waals surface area (Å²) in [4.78, 5) is 38.7. The Morgan fingerprint density at radius 3 is 2.34 bits per heavy atom. The number of amides is 3. The monoisotopic (exact) mass is 510 g/mol. The van der Waals surface area contributed by atoms with Crippen LogP contribution in [0.25, 0.3) is 10.9 Å². The Labute approximate surface area is 210 Å². The third-order valence-electron chi connectivity index (χ3n) is 5.23. The van der Waals surface area contributed by atoms with Gasteiger partial charge in [0.25, 0.3) is 5.91 Å². The molecule has 0 aliphatic rings. The SMILES string of the molecule is COc1cccc2cc(C(=O)Nc3ccc(Cl)c(Cl)c3)n(NC(=O)C(=O)Nc3ccccc3C)c12. The minimum Gasteiger partial charge on any atom is -0.494 e. The molecule has 0 bridgehead atoms. The number of carbonyl (C=O) groups is 3. The summed E-state index contributed by atoms with van der Waals surface area (Å²) in [6.45, 7) is 1.81. The lowest BCUT2D eigenvalue weighted by Crippen LogP contribution is -2.36. The molecule has 0 radical (unpaired) electrons. The van der Waals surface area contributed by atoms with Crippen molar-refractivity contribution in [3.63, 3.8) is 0 Å². The maximum absolute atomic E-state index is 13.2. The molecule has 178 valence electrons. The van der Waals surface area contributed by atoms with Crippen LogP contribution < -0.4 is 20.8 Å². The molecule has 3 aromatic carbocycles.